The molecule has 0 atom stereocenters. The van der Waals surface area contributed by atoms with Crippen LogP contribution in [0.2, 0.25) is 10.0 Å². The summed E-state index contributed by atoms with van der Waals surface area (Å²) in [6.45, 7) is 2.03. The number of oxazole rings is 1. The van der Waals surface area contributed by atoms with Crippen LogP contribution in [0, 0.1) is 0 Å². The van der Waals surface area contributed by atoms with Crippen molar-refractivity contribution in [3.8, 4) is 11.5 Å². The van der Waals surface area contributed by atoms with Crippen LogP contribution >= 0.6 is 55.1 Å². The molecule has 0 fully saturated rings. The maximum Gasteiger partial charge on any atom is 0.228 e. The Morgan fingerprint density at radius 1 is 1.23 bits per heavy atom. The Hall–Kier alpha value is -0.750. The molecule has 2 N–H and O–H groups in total. The molecule has 0 unspecified atom stereocenters. The zero-order valence-corrected chi connectivity index (χ0v) is 16.1. The molecular formula is C15H10Br2Cl2N2O. The summed E-state index contributed by atoms with van der Waals surface area (Å²) in [6.07, 6.45) is 0.756. The normalized spacial score (nSPS) is 11.3. The SMILES string of the molecule is CCc1c(Br)c(N)c(Br)c2nc(-c3cccc(Cl)c3Cl)oc12. The van der Waals surface area contributed by atoms with Gasteiger partial charge in [0.05, 0.1) is 25.8 Å². The van der Waals surface area contributed by atoms with Crippen LogP contribution in [0.3, 0.4) is 0 Å². The van der Waals surface area contributed by atoms with Crippen molar-refractivity contribution in [3.63, 3.8) is 0 Å². The Kier molecular flexibility index (Phi) is 4.42. The number of rotatable bonds is 2. The molecule has 2 aromatic carbocycles. The van der Waals surface area contributed by atoms with Crippen molar-refractivity contribution in [2.75, 3.05) is 5.73 Å². The highest BCUT2D eigenvalue weighted by Crippen LogP contribution is 2.42. The number of anilines is 1. The molecule has 0 bridgehead atoms. The predicted molar refractivity (Wildman–Crippen MR) is 98.7 cm³/mol. The summed E-state index contributed by atoms with van der Waals surface area (Å²) in [5.74, 6) is 0.412. The molecule has 3 rings (SSSR count). The zero-order valence-electron chi connectivity index (χ0n) is 11.4. The molecule has 114 valence electrons. The standard InChI is InChI=1S/C15H10Br2Cl2N2O/c1-2-6-9(16)12(20)10(17)13-14(6)22-15(21-13)7-4-3-5-8(18)11(7)19/h3-5H,2,20H2,1H3. The average molecular weight is 465 g/mol. The van der Waals surface area contributed by atoms with Crippen molar-refractivity contribution in [1.82, 2.24) is 4.98 Å². The molecule has 0 saturated carbocycles. The van der Waals surface area contributed by atoms with E-state index in [1.165, 1.54) is 0 Å². The molecule has 22 heavy (non-hydrogen) atoms. The quantitative estimate of drug-likeness (QED) is 0.442. The average Bonchev–Trinajstić information content (AvgIpc) is 2.93. The van der Waals surface area contributed by atoms with E-state index in [0.29, 0.717) is 42.8 Å². The van der Waals surface area contributed by atoms with Crippen LogP contribution in [0.4, 0.5) is 5.69 Å². The van der Waals surface area contributed by atoms with Gasteiger partial charge in [0.2, 0.25) is 5.89 Å². The first-order chi connectivity index (χ1) is 10.5. The highest BCUT2D eigenvalue weighted by atomic mass is 79.9. The molecule has 0 aliphatic carbocycles. The smallest absolute Gasteiger partial charge is 0.228 e. The van der Waals surface area contributed by atoms with E-state index in [1.807, 2.05) is 13.0 Å². The van der Waals surface area contributed by atoms with Crippen LogP contribution in [-0.2, 0) is 6.42 Å². The van der Waals surface area contributed by atoms with Gasteiger partial charge in [-0.05, 0) is 50.4 Å². The second-order valence-corrected chi connectivity index (χ2v) is 7.04. The number of halogens is 4. The number of hydrogen-bond acceptors (Lipinski definition) is 3. The van der Waals surface area contributed by atoms with Crippen LogP contribution < -0.4 is 5.73 Å². The van der Waals surface area contributed by atoms with E-state index in [0.717, 1.165) is 16.5 Å². The topological polar surface area (TPSA) is 52.0 Å². The first-order valence-corrected chi connectivity index (χ1v) is 8.80. The third-order valence-corrected chi connectivity index (χ3v) is 5.91. The maximum atomic E-state index is 6.25. The van der Waals surface area contributed by atoms with E-state index in [1.54, 1.807) is 12.1 Å². The number of benzene rings is 2. The maximum absolute atomic E-state index is 6.25. The van der Waals surface area contributed by atoms with Gasteiger partial charge in [0.25, 0.3) is 0 Å². The van der Waals surface area contributed by atoms with Crippen molar-refractivity contribution in [2.45, 2.75) is 13.3 Å². The third kappa shape index (κ3) is 2.44. The lowest BCUT2D eigenvalue weighted by Crippen LogP contribution is -1.94. The van der Waals surface area contributed by atoms with Gasteiger partial charge in [-0.3, -0.25) is 0 Å². The van der Waals surface area contributed by atoms with Gasteiger partial charge in [-0.25, -0.2) is 4.98 Å². The van der Waals surface area contributed by atoms with Crippen LogP contribution in [0.5, 0.6) is 0 Å². The summed E-state index contributed by atoms with van der Waals surface area (Å²) in [7, 11) is 0. The molecule has 3 nitrogen and oxygen atoms in total. The molecule has 1 aromatic heterocycles. The number of nitrogen functional groups attached to an aromatic ring is 1. The fourth-order valence-corrected chi connectivity index (χ4v) is 4.03. The van der Waals surface area contributed by atoms with E-state index in [-0.39, 0.29) is 0 Å². The summed E-state index contributed by atoms with van der Waals surface area (Å²) in [4.78, 5) is 4.54. The van der Waals surface area contributed by atoms with Gasteiger partial charge >= 0.3 is 0 Å². The Labute approximate surface area is 154 Å². The van der Waals surface area contributed by atoms with Crippen LogP contribution in [-0.4, -0.2) is 4.98 Å². The summed E-state index contributed by atoms with van der Waals surface area (Å²) in [5.41, 5.74) is 9.67. The molecule has 0 aliphatic heterocycles. The first kappa shape index (κ1) is 16.1. The number of fused-ring (bicyclic) bond motifs is 1. The lowest BCUT2D eigenvalue weighted by atomic mass is 10.1. The van der Waals surface area contributed by atoms with E-state index in [2.05, 4.69) is 36.8 Å². The molecule has 0 amide bonds. The first-order valence-electron chi connectivity index (χ1n) is 6.45. The number of aromatic nitrogens is 1. The van der Waals surface area contributed by atoms with E-state index in [9.17, 15) is 0 Å². The second kappa shape index (κ2) is 6.04. The molecule has 7 heteroatoms. The molecular weight excluding hydrogens is 455 g/mol. The summed E-state index contributed by atoms with van der Waals surface area (Å²) >= 11 is 19.3. The Balaban J connectivity index is 2.35. The highest BCUT2D eigenvalue weighted by molar-refractivity contribution is 9.11. The van der Waals surface area contributed by atoms with Crippen LogP contribution in [0.1, 0.15) is 12.5 Å². The molecule has 1 heterocycles. The molecule has 0 saturated heterocycles. The van der Waals surface area contributed by atoms with Gasteiger partial charge in [-0.2, -0.15) is 0 Å². The van der Waals surface area contributed by atoms with Gasteiger partial charge in [0, 0.05) is 10.0 Å². The minimum Gasteiger partial charge on any atom is -0.436 e. The predicted octanol–water partition coefficient (Wildman–Crippen LogP) is 6.47. The van der Waals surface area contributed by atoms with E-state index in [4.69, 9.17) is 33.4 Å². The lowest BCUT2D eigenvalue weighted by Gasteiger charge is -2.07. The highest BCUT2D eigenvalue weighted by Gasteiger charge is 2.21. The van der Waals surface area contributed by atoms with Gasteiger partial charge in [0.1, 0.15) is 5.52 Å². The molecule has 0 radical (unpaired) electrons. The number of aryl methyl sites for hydroxylation is 1. The molecule has 3 aromatic rings. The summed E-state index contributed by atoms with van der Waals surface area (Å²) < 4.78 is 7.47. The number of hydrogen-bond donors (Lipinski definition) is 1. The van der Waals surface area contributed by atoms with E-state index >= 15 is 0 Å². The van der Waals surface area contributed by atoms with Gasteiger partial charge < -0.3 is 10.2 Å². The van der Waals surface area contributed by atoms with Crippen molar-refractivity contribution < 1.29 is 4.42 Å². The lowest BCUT2D eigenvalue weighted by molar-refractivity contribution is 0.615. The summed E-state index contributed by atoms with van der Waals surface area (Å²) in [5, 5.41) is 0.869. The van der Waals surface area contributed by atoms with Crippen molar-refractivity contribution in [1.29, 1.82) is 0 Å². The van der Waals surface area contributed by atoms with Crippen molar-refractivity contribution in [3.05, 3.63) is 42.8 Å². The zero-order chi connectivity index (χ0) is 16.0. The third-order valence-electron chi connectivity index (χ3n) is 3.38. The Morgan fingerprint density at radius 3 is 2.64 bits per heavy atom. The van der Waals surface area contributed by atoms with Crippen LogP contribution in [0.15, 0.2) is 31.6 Å². The van der Waals surface area contributed by atoms with Crippen molar-refractivity contribution in [2.24, 2.45) is 0 Å². The summed E-state index contributed by atoms with van der Waals surface area (Å²) in [6, 6.07) is 5.34. The van der Waals surface area contributed by atoms with Gasteiger partial charge in [0.15, 0.2) is 5.58 Å². The largest absolute Gasteiger partial charge is 0.436 e. The molecule has 0 aliphatic rings. The fraction of sp³-hybridized carbons (Fsp3) is 0.133. The van der Waals surface area contributed by atoms with Gasteiger partial charge in [-0.1, -0.05) is 36.2 Å². The van der Waals surface area contributed by atoms with Gasteiger partial charge in [-0.15, -0.1) is 0 Å². The fourth-order valence-electron chi connectivity index (χ4n) is 2.26. The number of nitrogens with two attached hydrogens (primary N) is 1. The molecule has 0 spiro atoms. The Morgan fingerprint density at radius 2 is 1.95 bits per heavy atom. The second-order valence-electron chi connectivity index (χ2n) is 4.67. The minimum absolute atomic E-state index is 0.412. The van der Waals surface area contributed by atoms with E-state index < -0.39 is 0 Å². The van der Waals surface area contributed by atoms with Crippen molar-refractivity contribution >= 4 is 71.8 Å². The minimum atomic E-state index is 0.412. The Bertz CT molecular complexity index is 893. The monoisotopic (exact) mass is 462 g/mol. The van der Waals surface area contributed by atoms with Crippen LogP contribution in [0.25, 0.3) is 22.6 Å². The number of nitrogens with zero attached hydrogens (tertiary/aromatic N) is 1.